The summed E-state index contributed by atoms with van der Waals surface area (Å²) in [6.45, 7) is 3.90. The van der Waals surface area contributed by atoms with Crippen LogP contribution >= 0.6 is 0 Å². The van der Waals surface area contributed by atoms with E-state index in [1.54, 1.807) is 12.1 Å². The monoisotopic (exact) mass is 254 g/mol. The average molecular weight is 254 g/mol. The van der Waals surface area contributed by atoms with Crippen molar-refractivity contribution in [1.82, 2.24) is 9.78 Å². The van der Waals surface area contributed by atoms with E-state index in [1.165, 1.54) is 0 Å². The fourth-order valence-corrected chi connectivity index (χ4v) is 1.82. The Labute approximate surface area is 112 Å². The summed E-state index contributed by atoms with van der Waals surface area (Å²) >= 11 is 0. The zero-order valence-corrected chi connectivity index (χ0v) is 10.9. The molecule has 0 spiro atoms. The van der Waals surface area contributed by atoms with Gasteiger partial charge in [0.25, 0.3) is 0 Å². The van der Waals surface area contributed by atoms with E-state index in [9.17, 15) is 4.79 Å². The first-order valence-corrected chi connectivity index (χ1v) is 5.86. The van der Waals surface area contributed by atoms with E-state index in [0.29, 0.717) is 5.56 Å². The highest BCUT2D eigenvalue weighted by Gasteiger charge is 2.08. The number of esters is 1. The van der Waals surface area contributed by atoms with Crippen molar-refractivity contribution in [3.63, 3.8) is 0 Å². The second-order valence-electron chi connectivity index (χ2n) is 4.17. The van der Waals surface area contributed by atoms with Crippen LogP contribution < -0.4 is 0 Å². The largest absolute Gasteiger partial charge is 0.449 e. The maximum atomic E-state index is 11.6. The number of carbonyl (C=O) groups excluding carboxylic acids is 1. The third-order valence-electron chi connectivity index (χ3n) is 2.64. The first-order chi connectivity index (χ1) is 9.11. The predicted octanol–water partition coefficient (Wildman–Crippen LogP) is 2.28. The molecule has 2 rings (SSSR count). The molecular weight excluding hydrogens is 240 g/mol. The minimum Gasteiger partial charge on any atom is -0.449 e. The number of hydrogen-bond acceptors (Lipinski definition) is 3. The molecule has 2 aromatic rings. The van der Waals surface area contributed by atoms with Crippen molar-refractivity contribution >= 4 is 5.97 Å². The van der Waals surface area contributed by atoms with Crippen molar-refractivity contribution < 1.29 is 9.53 Å². The first kappa shape index (κ1) is 12.9. The van der Waals surface area contributed by atoms with Crippen LogP contribution in [0.25, 0.3) is 5.69 Å². The van der Waals surface area contributed by atoms with Crippen LogP contribution in [0.4, 0.5) is 0 Å². The van der Waals surface area contributed by atoms with Gasteiger partial charge in [0.2, 0.25) is 0 Å². The molecule has 0 saturated heterocycles. The molecule has 0 radical (unpaired) electrons. The van der Waals surface area contributed by atoms with Crippen LogP contribution in [0.5, 0.6) is 0 Å². The smallest absolute Gasteiger partial charge is 0.339 e. The van der Waals surface area contributed by atoms with Crippen LogP contribution in [-0.2, 0) is 4.74 Å². The van der Waals surface area contributed by atoms with Gasteiger partial charge in [-0.25, -0.2) is 9.48 Å². The fraction of sp³-hybridized carbons (Fsp3) is 0.200. The molecule has 4 heteroatoms. The van der Waals surface area contributed by atoms with Crippen molar-refractivity contribution in [1.29, 1.82) is 0 Å². The van der Waals surface area contributed by atoms with Gasteiger partial charge in [0.15, 0.2) is 6.61 Å². The zero-order chi connectivity index (χ0) is 13.8. The average Bonchev–Trinajstić information content (AvgIpc) is 2.75. The Morgan fingerprint density at radius 2 is 2.05 bits per heavy atom. The third-order valence-corrected chi connectivity index (χ3v) is 2.64. The predicted molar refractivity (Wildman–Crippen MR) is 72.2 cm³/mol. The van der Waals surface area contributed by atoms with E-state index in [0.717, 1.165) is 17.1 Å². The maximum absolute atomic E-state index is 11.6. The Balaban J connectivity index is 2.22. The van der Waals surface area contributed by atoms with E-state index >= 15 is 0 Å². The number of aryl methyl sites for hydroxylation is 2. The molecule has 0 amide bonds. The molecule has 0 unspecified atom stereocenters. The standard InChI is InChI=1S/C15H14N2O2/c1-4-9-19-15(18)13-5-7-14(8-6-13)17-12(3)10-11(2)16-17/h1,5-8,10H,9H2,2-3H3. The summed E-state index contributed by atoms with van der Waals surface area (Å²) < 4.78 is 6.68. The molecule has 1 heterocycles. The highest BCUT2D eigenvalue weighted by Crippen LogP contribution is 2.13. The van der Waals surface area contributed by atoms with Gasteiger partial charge in [0.05, 0.1) is 16.9 Å². The van der Waals surface area contributed by atoms with Crippen molar-refractivity contribution in [2.24, 2.45) is 0 Å². The first-order valence-electron chi connectivity index (χ1n) is 5.86. The van der Waals surface area contributed by atoms with Gasteiger partial charge in [-0.05, 0) is 44.2 Å². The number of nitrogens with zero attached hydrogens (tertiary/aromatic N) is 2. The van der Waals surface area contributed by atoms with Gasteiger partial charge < -0.3 is 4.74 Å². The lowest BCUT2D eigenvalue weighted by molar-refractivity contribution is 0.0557. The summed E-state index contributed by atoms with van der Waals surface area (Å²) in [5.41, 5.74) is 3.37. The lowest BCUT2D eigenvalue weighted by Gasteiger charge is -2.05. The van der Waals surface area contributed by atoms with Crippen molar-refractivity contribution in [3.05, 3.63) is 47.3 Å². The highest BCUT2D eigenvalue weighted by atomic mass is 16.5. The lowest BCUT2D eigenvalue weighted by Crippen LogP contribution is -2.06. The van der Waals surface area contributed by atoms with Gasteiger partial charge in [-0.2, -0.15) is 5.10 Å². The van der Waals surface area contributed by atoms with E-state index in [-0.39, 0.29) is 6.61 Å². The SMILES string of the molecule is C#CCOC(=O)c1ccc(-n2nc(C)cc2C)cc1. The lowest BCUT2D eigenvalue weighted by atomic mass is 10.2. The van der Waals surface area contributed by atoms with E-state index in [4.69, 9.17) is 11.2 Å². The van der Waals surface area contributed by atoms with Crippen molar-refractivity contribution in [2.75, 3.05) is 6.61 Å². The molecular formula is C15H14N2O2. The molecule has 4 nitrogen and oxygen atoms in total. The second-order valence-corrected chi connectivity index (χ2v) is 4.17. The van der Waals surface area contributed by atoms with Crippen LogP contribution in [0.15, 0.2) is 30.3 Å². The molecule has 1 aromatic carbocycles. The second kappa shape index (κ2) is 5.40. The molecule has 0 saturated carbocycles. The minimum atomic E-state index is -0.419. The Hall–Kier alpha value is -2.54. The number of ether oxygens (including phenoxy) is 1. The number of rotatable bonds is 3. The molecule has 19 heavy (non-hydrogen) atoms. The van der Waals surface area contributed by atoms with Gasteiger partial charge in [0, 0.05) is 5.69 Å². The fourth-order valence-electron chi connectivity index (χ4n) is 1.82. The summed E-state index contributed by atoms with van der Waals surface area (Å²) in [6.07, 6.45) is 5.04. The summed E-state index contributed by atoms with van der Waals surface area (Å²) in [4.78, 5) is 11.6. The zero-order valence-electron chi connectivity index (χ0n) is 10.9. The molecule has 0 aliphatic carbocycles. The molecule has 0 N–H and O–H groups in total. The van der Waals surface area contributed by atoms with Crippen LogP contribution in [0.1, 0.15) is 21.7 Å². The van der Waals surface area contributed by atoms with Crippen LogP contribution in [-0.4, -0.2) is 22.4 Å². The van der Waals surface area contributed by atoms with Gasteiger partial charge in [-0.1, -0.05) is 5.92 Å². The summed E-state index contributed by atoms with van der Waals surface area (Å²) in [7, 11) is 0. The summed E-state index contributed by atoms with van der Waals surface area (Å²) in [5.74, 6) is 1.84. The van der Waals surface area contributed by atoms with Gasteiger partial charge in [-0.15, -0.1) is 6.42 Å². The Morgan fingerprint density at radius 1 is 1.37 bits per heavy atom. The molecule has 0 fully saturated rings. The normalized spacial score (nSPS) is 9.95. The number of hydrogen-bond donors (Lipinski definition) is 0. The van der Waals surface area contributed by atoms with Gasteiger partial charge in [-0.3, -0.25) is 0 Å². The third kappa shape index (κ3) is 2.83. The Bertz CT molecular complexity index is 633. The van der Waals surface area contributed by atoms with E-state index in [1.807, 2.05) is 36.7 Å². The van der Waals surface area contributed by atoms with Gasteiger partial charge >= 0.3 is 5.97 Å². The molecule has 0 aliphatic heterocycles. The number of aromatic nitrogens is 2. The molecule has 96 valence electrons. The quantitative estimate of drug-likeness (QED) is 0.623. The molecule has 0 atom stereocenters. The highest BCUT2D eigenvalue weighted by molar-refractivity contribution is 5.89. The maximum Gasteiger partial charge on any atom is 0.339 e. The number of benzene rings is 1. The van der Waals surface area contributed by atoms with E-state index in [2.05, 4.69) is 11.0 Å². The summed E-state index contributed by atoms with van der Waals surface area (Å²) in [6, 6.07) is 9.04. The van der Waals surface area contributed by atoms with Crippen molar-refractivity contribution in [2.45, 2.75) is 13.8 Å². The number of carbonyl (C=O) groups is 1. The van der Waals surface area contributed by atoms with Crippen LogP contribution in [0.2, 0.25) is 0 Å². The number of terminal acetylenes is 1. The Morgan fingerprint density at radius 3 is 2.58 bits per heavy atom. The Kier molecular flexibility index (Phi) is 3.67. The minimum absolute atomic E-state index is 0.0158. The van der Waals surface area contributed by atoms with Gasteiger partial charge in [0.1, 0.15) is 0 Å². The van der Waals surface area contributed by atoms with Crippen molar-refractivity contribution in [3.8, 4) is 18.0 Å². The topological polar surface area (TPSA) is 44.1 Å². The molecule has 0 aliphatic rings. The molecule has 1 aromatic heterocycles. The van der Waals surface area contributed by atoms with E-state index < -0.39 is 5.97 Å². The van der Waals surface area contributed by atoms with Crippen LogP contribution in [0.3, 0.4) is 0 Å². The van der Waals surface area contributed by atoms with Crippen LogP contribution in [0, 0.1) is 26.2 Å². The summed E-state index contributed by atoms with van der Waals surface area (Å²) in [5, 5.41) is 4.38. The molecule has 0 bridgehead atoms.